The van der Waals surface area contributed by atoms with Crippen molar-refractivity contribution in [3.63, 3.8) is 0 Å². The van der Waals surface area contributed by atoms with E-state index in [1.807, 2.05) is 62.4 Å². The van der Waals surface area contributed by atoms with Crippen LogP contribution < -0.4 is 14.4 Å². The summed E-state index contributed by atoms with van der Waals surface area (Å²) in [6.07, 6.45) is 0.197. The van der Waals surface area contributed by atoms with Gasteiger partial charge in [-0.3, -0.25) is 9.59 Å². The topological polar surface area (TPSA) is 59.1 Å². The highest BCUT2D eigenvalue weighted by Crippen LogP contribution is 2.35. The first kappa shape index (κ1) is 20.7. The molecule has 2 aromatic rings. The number of carbonyl (C=O) groups is 2. The lowest BCUT2D eigenvalue weighted by atomic mass is 10.0. The van der Waals surface area contributed by atoms with Crippen molar-refractivity contribution in [2.75, 3.05) is 32.2 Å². The maximum Gasteiger partial charge on any atom is 0.228 e. The van der Waals surface area contributed by atoms with Gasteiger partial charge in [-0.05, 0) is 32.0 Å². The maximum atomic E-state index is 13.2. The molecule has 0 aliphatic carbocycles. The summed E-state index contributed by atoms with van der Waals surface area (Å²) in [5.74, 6) is 0.906. The molecule has 0 spiro atoms. The van der Waals surface area contributed by atoms with Crippen molar-refractivity contribution in [2.45, 2.75) is 26.3 Å². The minimum Gasteiger partial charge on any atom is -0.496 e. The second-order valence-corrected chi connectivity index (χ2v) is 7.17. The summed E-state index contributed by atoms with van der Waals surface area (Å²) in [6.45, 7) is 4.74. The van der Waals surface area contributed by atoms with E-state index in [9.17, 15) is 9.59 Å². The summed E-state index contributed by atoms with van der Waals surface area (Å²) in [5, 5.41) is 0. The predicted molar refractivity (Wildman–Crippen MR) is 112 cm³/mol. The molecule has 2 unspecified atom stereocenters. The van der Waals surface area contributed by atoms with Crippen LogP contribution >= 0.6 is 0 Å². The average Bonchev–Trinajstić information content (AvgIpc) is 3.14. The maximum absolute atomic E-state index is 13.2. The Bertz CT molecular complexity index is 883. The first-order chi connectivity index (χ1) is 14.0. The molecule has 1 aliphatic rings. The van der Waals surface area contributed by atoms with Crippen LogP contribution in [0.4, 0.5) is 5.69 Å². The van der Waals surface area contributed by atoms with Gasteiger partial charge in [0.2, 0.25) is 11.8 Å². The summed E-state index contributed by atoms with van der Waals surface area (Å²) in [7, 11) is 3.40. The molecule has 0 radical (unpaired) electrons. The number of anilines is 1. The van der Waals surface area contributed by atoms with Gasteiger partial charge in [-0.2, -0.15) is 0 Å². The van der Waals surface area contributed by atoms with Crippen LogP contribution in [-0.2, 0) is 9.59 Å². The molecule has 29 heavy (non-hydrogen) atoms. The fraction of sp³-hybridized carbons (Fsp3) is 0.391. The van der Waals surface area contributed by atoms with E-state index in [4.69, 9.17) is 9.47 Å². The zero-order valence-electron chi connectivity index (χ0n) is 17.4. The molecule has 1 saturated heterocycles. The van der Waals surface area contributed by atoms with Crippen molar-refractivity contribution in [1.29, 1.82) is 0 Å². The third-order valence-corrected chi connectivity index (χ3v) is 5.45. The lowest BCUT2D eigenvalue weighted by Gasteiger charge is -2.29. The number of hydrogen-bond donors (Lipinski definition) is 0. The van der Waals surface area contributed by atoms with Crippen LogP contribution in [0.15, 0.2) is 48.5 Å². The molecule has 0 saturated carbocycles. The second-order valence-electron chi connectivity index (χ2n) is 7.17. The van der Waals surface area contributed by atoms with Crippen molar-refractivity contribution in [3.05, 3.63) is 54.1 Å². The molecule has 6 nitrogen and oxygen atoms in total. The molecule has 1 fully saturated rings. The second kappa shape index (κ2) is 8.99. The third kappa shape index (κ3) is 4.21. The summed E-state index contributed by atoms with van der Waals surface area (Å²) >= 11 is 0. The van der Waals surface area contributed by atoms with Gasteiger partial charge in [-0.15, -0.1) is 0 Å². The molecular formula is C23H28N2O4. The average molecular weight is 396 g/mol. The Kier molecular flexibility index (Phi) is 6.42. The minimum absolute atomic E-state index is 0.0480. The minimum atomic E-state index is -0.390. The highest BCUT2D eigenvalue weighted by molar-refractivity contribution is 6.01. The van der Waals surface area contributed by atoms with Gasteiger partial charge >= 0.3 is 0 Å². The van der Waals surface area contributed by atoms with Crippen LogP contribution in [0, 0.1) is 5.92 Å². The van der Waals surface area contributed by atoms with Gasteiger partial charge in [0.25, 0.3) is 0 Å². The Labute approximate surface area is 172 Å². The number of amides is 2. The molecule has 1 heterocycles. The van der Waals surface area contributed by atoms with Crippen molar-refractivity contribution < 1.29 is 19.1 Å². The van der Waals surface area contributed by atoms with Crippen LogP contribution in [0.3, 0.4) is 0 Å². The zero-order chi connectivity index (χ0) is 21.0. The van der Waals surface area contributed by atoms with E-state index in [1.165, 1.54) is 0 Å². The van der Waals surface area contributed by atoms with Crippen LogP contribution in [0.2, 0.25) is 0 Å². The Morgan fingerprint density at radius 3 is 2.52 bits per heavy atom. The molecule has 3 rings (SSSR count). The van der Waals surface area contributed by atoms with Gasteiger partial charge in [0.15, 0.2) is 0 Å². The predicted octanol–water partition coefficient (Wildman–Crippen LogP) is 3.67. The van der Waals surface area contributed by atoms with E-state index in [1.54, 1.807) is 24.0 Å². The highest BCUT2D eigenvalue weighted by Gasteiger charge is 2.38. The molecule has 1 aliphatic heterocycles. The zero-order valence-corrected chi connectivity index (χ0v) is 17.4. The number of ether oxygens (including phenoxy) is 2. The fourth-order valence-electron chi connectivity index (χ4n) is 3.76. The van der Waals surface area contributed by atoms with E-state index in [2.05, 4.69) is 0 Å². The normalized spacial score (nSPS) is 17.2. The van der Waals surface area contributed by atoms with Gasteiger partial charge in [0.1, 0.15) is 11.5 Å². The lowest BCUT2D eigenvalue weighted by molar-refractivity contribution is -0.136. The van der Waals surface area contributed by atoms with Gasteiger partial charge in [-0.1, -0.05) is 30.3 Å². The SMILES string of the molecule is CCOc1ccccc1N1CC(C(=O)N(C)C(C)c2ccccc2OC)CC1=O. The first-order valence-corrected chi connectivity index (χ1v) is 9.89. The van der Waals surface area contributed by atoms with Crippen molar-refractivity contribution >= 4 is 17.5 Å². The molecule has 2 aromatic carbocycles. The standard InChI is InChI=1S/C23H28N2O4/c1-5-29-21-13-9-7-11-19(21)25-15-17(14-22(25)26)23(27)24(3)16(2)18-10-6-8-12-20(18)28-4/h6-13,16-17H,5,14-15H2,1-4H3. The third-order valence-electron chi connectivity index (χ3n) is 5.45. The Morgan fingerprint density at radius 1 is 1.17 bits per heavy atom. The van der Waals surface area contributed by atoms with Crippen LogP contribution in [0.25, 0.3) is 0 Å². The summed E-state index contributed by atoms with van der Waals surface area (Å²) in [6, 6.07) is 15.0. The smallest absolute Gasteiger partial charge is 0.228 e. The fourth-order valence-corrected chi connectivity index (χ4v) is 3.76. The number of rotatable bonds is 7. The van der Waals surface area contributed by atoms with Gasteiger partial charge in [-0.25, -0.2) is 0 Å². The van der Waals surface area contributed by atoms with Gasteiger partial charge in [0.05, 0.1) is 31.4 Å². The monoisotopic (exact) mass is 396 g/mol. The molecule has 2 amide bonds. The van der Waals surface area contributed by atoms with Crippen LogP contribution in [0.5, 0.6) is 11.5 Å². The Balaban J connectivity index is 1.76. The first-order valence-electron chi connectivity index (χ1n) is 9.89. The number of para-hydroxylation sites is 3. The van der Waals surface area contributed by atoms with Crippen LogP contribution in [-0.4, -0.2) is 44.0 Å². The molecule has 6 heteroatoms. The van der Waals surface area contributed by atoms with Crippen LogP contribution in [0.1, 0.15) is 31.9 Å². The molecule has 2 atom stereocenters. The molecule has 0 bridgehead atoms. The number of methoxy groups -OCH3 is 1. The number of hydrogen-bond acceptors (Lipinski definition) is 4. The molecule has 0 aromatic heterocycles. The summed E-state index contributed by atoms with van der Waals surface area (Å²) in [5.41, 5.74) is 1.66. The quantitative estimate of drug-likeness (QED) is 0.717. The Morgan fingerprint density at radius 2 is 1.83 bits per heavy atom. The van der Waals surface area contributed by atoms with Gasteiger partial charge < -0.3 is 19.3 Å². The van der Waals surface area contributed by atoms with Gasteiger partial charge in [0, 0.05) is 25.6 Å². The van der Waals surface area contributed by atoms with Crippen molar-refractivity contribution in [1.82, 2.24) is 4.90 Å². The Hall–Kier alpha value is -3.02. The number of benzene rings is 2. The summed E-state index contributed by atoms with van der Waals surface area (Å²) < 4.78 is 11.1. The number of carbonyl (C=O) groups excluding carboxylic acids is 2. The van der Waals surface area contributed by atoms with Crippen molar-refractivity contribution in [3.8, 4) is 11.5 Å². The lowest BCUT2D eigenvalue weighted by Crippen LogP contribution is -2.36. The highest BCUT2D eigenvalue weighted by atomic mass is 16.5. The molecule has 154 valence electrons. The van der Waals surface area contributed by atoms with E-state index in [0.717, 1.165) is 17.0 Å². The summed E-state index contributed by atoms with van der Waals surface area (Å²) in [4.78, 5) is 29.2. The number of nitrogens with zero attached hydrogens (tertiary/aromatic N) is 2. The molecular weight excluding hydrogens is 368 g/mol. The van der Waals surface area contributed by atoms with E-state index in [-0.39, 0.29) is 30.2 Å². The van der Waals surface area contributed by atoms with Crippen molar-refractivity contribution in [2.24, 2.45) is 5.92 Å². The van der Waals surface area contributed by atoms with E-state index < -0.39 is 0 Å². The van der Waals surface area contributed by atoms with E-state index in [0.29, 0.717) is 18.9 Å². The van der Waals surface area contributed by atoms with E-state index >= 15 is 0 Å². The largest absolute Gasteiger partial charge is 0.496 e. The molecule has 0 N–H and O–H groups in total.